The molecule has 1 aromatic heterocycles. The van der Waals surface area contributed by atoms with Gasteiger partial charge in [0.15, 0.2) is 11.5 Å². The SMILES string of the molecule is COc1cc(CNC2CCC(C)(C)CC2)ccc1Oc1ccc2nc[nH]c2c1.Cl. The van der Waals surface area contributed by atoms with Crippen LogP contribution in [0.2, 0.25) is 0 Å². The van der Waals surface area contributed by atoms with Crippen LogP contribution in [-0.2, 0) is 6.54 Å². The van der Waals surface area contributed by atoms with E-state index in [-0.39, 0.29) is 12.4 Å². The number of imidazole rings is 1. The number of benzene rings is 2. The Labute approximate surface area is 178 Å². The minimum absolute atomic E-state index is 0. The van der Waals surface area contributed by atoms with Gasteiger partial charge in [-0.1, -0.05) is 19.9 Å². The summed E-state index contributed by atoms with van der Waals surface area (Å²) in [7, 11) is 1.68. The van der Waals surface area contributed by atoms with E-state index in [1.807, 2.05) is 24.3 Å². The normalized spacial score (nSPS) is 16.4. The standard InChI is InChI=1S/C23H29N3O2.ClH/c1-23(2)10-8-17(9-11-23)24-14-16-4-7-21(22(12-16)27-3)28-18-5-6-19-20(13-18)26-15-25-19;/h4-7,12-13,15,17,24H,8-11,14H2,1-3H3,(H,25,26);1H. The fraction of sp³-hybridized carbons (Fsp3) is 0.435. The first kappa shape index (κ1) is 21.5. The van der Waals surface area contributed by atoms with Crippen molar-refractivity contribution in [3.8, 4) is 17.2 Å². The minimum Gasteiger partial charge on any atom is -0.493 e. The Morgan fingerprint density at radius 2 is 1.90 bits per heavy atom. The molecule has 0 amide bonds. The topological polar surface area (TPSA) is 59.2 Å². The molecule has 1 aliphatic rings. The molecule has 6 heteroatoms. The van der Waals surface area contributed by atoms with E-state index in [2.05, 4.69) is 41.3 Å². The summed E-state index contributed by atoms with van der Waals surface area (Å²) >= 11 is 0. The lowest BCUT2D eigenvalue weighted by molar-refractivity contribution is 0.206. The molecule has 0 radical (unpaired) electrons. The van der Waals surface area contributed by atoms with Crippen molar-refractivity contribution in [2.24, 2.45) is 5.41 Å². The van der Waals surface area contributed by atoms with Gasteiger partial charge in [0.25, 0.3) is 0 Å². The van der Waals surface area contributed by atoms with Crippen molar-refractivity contribution in [2.75, 3.05) is 7.11 Å². The molecule has 0 spiro atoms. The van der Waals surface area contributed by atoms with Crippen molar-refractivity contribution in [3.63, 3.8) is 0 Å². The minimum atomic E-state index is 0. The number of rotatable bonds is 6. The van der Waals surface area contributed by atoms with Crippen LogP contribution in [0.5, 0.6) is 17.2 Å². The lowest BCUT2D eigenvalue weighted by Crippen LogP contribution is -2.35. The molecule has 4 rings (SSSR count). The Balaban J connectivity index is 0.00000240. The second kappa shape index (κ2) is 9.06. The predicted molar refractivity (Wildman–Crippen MR) is 119 cm³/mol. The van der Waals surface area contributed by atoms with E-state index in [4.69, 9.17) is 9.47 Å². The molecule has 156 valence electrons. The van der Waals surface area contributed by atoms with Crippen LogP contribution in [0, 0.1) is 5.41 Å². The molecular formula is C23H30ClN3O2. The third-order valence-electron chi connectivity index (χ3n) is 5.78. The first-order valence-electron chi connectivity index (χ1n) is 10.0. The van der Waals surface area contributed by atoms with E-state index in [0.29, 0.717) is 17.2 Å². The maximum Gasteiger partial charge on any atom is 0.169 e. The van der Waals surface area contributed by atoms with Crippen LogP contribution in [0.1, 0.15) is 45.1 Å². The van der Waals surface area contributed by atoms with Crippen molar-refractivity contribution in [2.45, 2.75) is 52.1 Å². The summed E-state index contributed by atoms with van der Waals surface area (Å²) in [6.07, 6.45) is 6.77. The van der Waals surface area contributed by atoms with Gasteiger partial charge in [-0.15, -0.1) is 12.4 Å². The lowest BCUT2D eigenvalue weighted by Gasteiger charge is -2.34. The third kappa shape index (κ3) is 5.22. The molecule has 1 fully saturated rings. The van der Waals surface area contributed by atoms with Crippen LogP contribution in [-0.4, -0.2) is 23.1 Å². The molecule has 0 saturated heterocycles. The van der Waals surface area contributed by atoms with Gasteiger partial charge in [-0.2, -0.15) is 0 Å². The number of nitrogens with one attached hydrogen (secondary N) is 2. The monoisotopic (exact) mass is 415 g/mol. The fourth-order valence-corrected chi connectivity index (χ4v) is 3.88. The highest BCUT2D eigenvalue weighted by Crippen LogP contribution is 2.36. The summed E-state index contributed by atoms with van der Waals surface area (Å²) in [5, 5.41) is 3.71. The van der Waals surface area contributed by atoms with Crippen molar-refractivity contribution >= 4 is 23.4 Å². The second-order valence-corrected chi connectivity index (χ2v) is 8.49. The first-order valence-corrected chi connectivity index (χ1v) is 10.0. The third-order valence-corrected chi connectivity index (χ3v) is 5.78. The maximum absolute atomic E-state index is 6.06. The van der Waals surface area contributed by atoms with Gasteiger partial charge in [0.2, 0.25) is 0 Å². The van der Waals surface area contributed by atoms with E-state index in [1.165, 1.54) is 31.2 Å². The zero-order valence-electron chi connectivity index (χ0n) is 17.3. The van der Waals surface area contributed by atoms with E-state index >= 15 is 0 Å². The zero-order valence-corrected chi connectivity index (χ0v) is 18.1. The van der Waals surface area contributed by atoms with Crippen LogP contribution < -0.4 is 14.8 Å². The number of ether oxygens (including phenoxy) is 2. The van der Waals surface area contributed by atoms with Crippen LogP contribution >= 0.6 is 12.4 Å². The van der Waals surface area contributed by atoms with Gasteiger partial charge in [-0.25, -0.2) is 4.98 Å². The van der Waals surface area contributed by atoms with Crippen molar-refractivity contribution in [3.05, 3.63) is 48.3 Å². The largest absolute Gasteiger partial charge is 0.493 e. The summed E-state index contributed by atoms with van der Waals surface area (Å²) in [5.74, 6) is 2.21. The Morgan fingerprint density at radius 3 is 2.66 bits per heavy atom. The average Bonchev–Trinajstić information content (AvgIpc) is 3.16. The van der Waals surface area contributed by atoms with Gasteiger partial charge in [0.05, 0.1) is 24.5 Å². The van der Waals surface area contributed by atoms with Crippen molar-refractivity contribution in [1.29, 1.82) is 0 Å². The van der Waals surface area contributed by atoms with Gasteiger partial charge in [0.1, 0.15) is 5.75 Å². The van der Waals surface area contributed by atoms with Gasteiger partial charge in [-0.05, 0) is 60.9 Å². The van der Waals surface area contributed by atoms with E-state index in [1.54, 1.807) is 13.4 Å². The number of aromatic amines is 1. The molecule has 1 aliphatic carbocycles. The molecule has 2 N–H and O–H groups in total. The average molecular weight is 416 g/mol. The number of H-pyrrole nitrogens is 1. The summed E-state index contributed by atoms with van der Waals surface area (Å²) in [4.78, 5) is 7.34. The van der Waals surface area contributed by atoms with Crippen LogP contribution in [0.4, 0.5) is 0 Å². The Morgan fingerprint density at radius 1 is 1.10 bits per heavy atom. The molecule has 0 aliphatic heterocycles. The predicted octanol–water partition coefficient (Wildman–Crippen LogP) is 5.84. The molecule has 3 aromatic rings. The number of hydrogen-bond donors (Lipinski definition) is 2. The highest BCUT2D eigenvalue weighted by Gasteiger charge is 2.26. The van der Waals surface area contributed by atoms with Gasteiger partial charge in [-0.3, -0.25) is 0 Å². The molecule has 5 nitrogen and oxygen atoms in total. The lowest BCUT2D eigenvalue weighted by atomic mass is 9.75. The van der Waals surface area contributed by atoms with Crippen molar-refractivity contribution in [1.82, 2.24) is 15.3 Å². The number of halogens is 1. The van der Waals surface area contributed by atoms with Crippen molar-refractivity contribution < 1.29 is 9.47 Å². The Bertz CT molecular complexity index is 944. The Kier molecular flexibility index (Phi) is 6.70. The van der Waals surface area contributed by atoms with Crippen LogP contribution in [0.3, 0.4) is 0 Å². The van der Waals surface area contributed by atoms with Crippen LogP contribution in [0.25, 0.3) is 11.0 Å². The van der Waals surface area contributed by atoms with E-state index in [0.717, 1.165) is 29.1 Å². The molecule has 0 unspecified atom stereocenters. The molecule has 0 bridgehead atoms. The van der Waals surface area contributed by atoms with Gasteiger partial charge < -0.3 is 19.8 Å². The highest BCUT2D eigenvalue weighted by atomic mass is 35.5. The number of hydrogen-bond acceptors (Lipinski definition) is 4. The first-order chi connectivity index (χ1) is 13.5. The van der Waals surface area contributed by atoms with Gasteiger partial charge >= 0.3 is 0 Å². The maximum atomic E-state index is 6.06. The molecular weight excluding hydrogens is 386 g/mol. The summed E-state index contributed by atoms with van der Waals surface area (Å²) in [6.45, 7) is 5.59. The van der Waals surface area contributed by atoms with E-state index < -0.39 is 0 Å². The smallest absolute Gasteiger partial charge is 0.169 e. The molecule has 1 heterocycles. The van der Waals surface area contributed by atoms with Gasteiger partial charge in [0, 0.05) is 18.7 Å². The zero-order chi connectivity index (χ0) is 19.6. The second-order valence-electron chi connectivity index (χ2n) is 8.49. The molecule has 2 aromatic carbocycles. The summed E-state index contributed by atoms with van der Waals surface area (Å²) in [5.41, 5.74) is 3.58. The summed E-state index contributed by atoms with van der Waals surface area (Å²) < 4.78 is 11.6. The Hall–Kier alpha value is -2.24. The fourth-order valence-electron chi connectivity index (χ4n) is 3.88. The number of fused-ring (bicyclic) bond motifs is 1. The number of methoxy groups -OCH3 is 1. The molecule has 1 saturated carbocycles. The molecule has 0 atom stereocenters. The summed E-state index contributed by atoms with van der Waals surface area (Å²) in [6, 6.07) is 12.6. The van der Waals surface area contributed by atoms with E-state index in [9.17, 15) is 0 Å². The molecule has 29 heavy (non-hydrogen) atoms. The van der Waals surface area contributed by atoms with Crippen LogP contribution in [0.15, 0.2) is 42.7 Å². The quantitative estimate of drug-likeness (QED) is 0.530. The number of nitrogens with zero attached hydrogens (tertiary/aromatic N) is 1. The number of aromatic nitrogens is 2. The highest BCUT2D eigenvalue weighted by molar-refractivity contribution is 5.85.